The number of urea groups is 1. The third-order valence-corrected chi connectivity index (χ3v) is 5.36. The number of rotatable bonds is 4. The Kier molecular flexibility index (Phi) is 4.58. The summed E-state index contributed by atoms with van der Waals surface area (Å²) in [6.45, 7) is 0.950. The third-order valence-electron chi connectivity index (χ3n) is 5.02. The summed E-state index contributed by atoms with van der Waals surface area (Å²) in [4.78, 5) is 33.1. The first-order valence-electron chi connectivity index (χ1n) is 8.77. The van der Waals surface area contributed by atoms with Crippen LogP contribution in [0.5, 0.6) is 0 Å². The standard InChI is InChI=1S/C20H19ClN4O2/c1-24-16-12-25(11-9-13-6-4-5-10-22-13)19(26)17(16)18(23-20(24)27)14-7-2-3-8-15(14)21/h2-8,10,18H,9,11-12H2,1H3,(H,23,27). The molecule has 3 heterocycles. The fourth-order valence-corrected chi connectivity index (χ4v) is 3.79. The van der Waals surface area contributed by atoms with E-state index in [1.54, 1.807) is 24.2 Å². The first kappa shape index (κ1) is 17.5. The van der Waals surface area contributed by atoms with Crippen molar-refractivity contribution in [2.75, 3.05) is 20.1 Å². The first-order valence-corrected chi connectivity index (χ1v) is 9.15. The zero-order valence-electron chi connectivity index (χ0n) is 14.9. The van der Waals surface area contributed by atoms with E-state index in [2.05, 4.69) is 10.3 Å². The molecule has 0 radical (unpaired) electrons. The summed E-state index contributed by atoms with van der Waals surface area (Å²) in [5.41, 5.74) is 2.98. The Morgan fingerprint density at radius 3 is 2.70 bits per heavy atom. The van der Waals surface area contributed by atoms with Crippen LogP contribution in [0.15, 0.2) is 59.9 Å². The van der Waals surface area contributed by atoms with Gasteiger partial charge in [-0.25, -0.2) is 4.79 Å². The second-order valence-corrected chi connectivity index (χ2v) is 7.03. The molecular weight excluding hydrogens is 364 g/mol. The van der Waals surface area contributed by atoms with E-state index >= 15 is 0 Å². The summed E-state index contributed by atoms with van der Waals surface area (Å²) in [6, 6.07) is 12.2. The van der Waals surface area contributed by atoms with Gasteiger partial charge in [-0.1, -0.05) is 35.9 Å². The molecule has 3 amide bonds. The number of carbonyl (C=O) groups is 2. The molecule has 138 valence electrons. The molecule has 0 spiro atoms. The molecule has 4 rings (SSSR count). The minimum absolute atomic E-state index is 0.0716. The maximum Gasteiger partial charge on any atom is 0.322 e. The number of nitrogens with zero attached hydrogens (tertiary/aromatic N) is 3. The minimum atomic E-state index is -0.537. The summed E-state index contributed by atoms with van der Waals surface area (Å²) in [6.07, 6.45) is 2.41. The second kappa shape index (κ2) is 7.04. The van der Waals surface area contributed by atoms with Gasteiger partial charge < -0.3 is 10.2 Å². The summed E-state index contributed by atoms with van der Waals surface area (Å²) < 4.78 is 0. The quantitative estimate of drug-likeness (QED) is 0.884. The molecule has 1 atom stereocenters. The molecule has 1 N–H and O–H groups in total. The van der Waals surface area contributed by atoms with Crippen LogP contribution in [0, 0.1) is 0 Å². The van der Waals surface area contributed by atoms with Gasteiger partial charge >= 0.3 is 6.03 Å². The number of benzene rings is 1. The van der Waals surface area contributed by atoms with Crippen LogP contribution in [0.4, 0.5) is 4.79 Å². The van der Waals surface area contributed by atoms with Crippen LogP contribution in [0.3, 0.4) is 0 Å². The van der Waals surface area contributed by atoms with Gasteiger partial charge in [-0.3, -0.25) is 14.7 Å². The van der Waals surface area contributed by atoms with E-state index in [1.165, 1.54) is 4.90 Å². The smallest absolute Gasteiger partial charge is 0.322 e. The van der Waals surface area contributed by atoms with Crippen molar-refractivity contribution in [2.24, 2.45) is 0 Å². The molecule has 2 aliphatic heterocycles. The maximum absolute atomic E-state index is 13.1. The van der Waals surface area contributed by atoms with Gasteiger partial charge in [-0.05, 0) is 23.8 Å². The average molecular weight is 383 g/mol. The van der Waals surface area contributed by atoms with Crippen LogP contribution in [0.2, 0.25) is 5.02 Å². The number of nitrogens with one attached hydrogen (secondary N) is 1. The number of likely N-dealkylation sites (N-methyl/N-ethyl adjacent to an activating group) is 1. The molecule has 0 fully saturated rings. The van der Waals surface area contributed by atoms with Crippen molar-refractivity contribution in [1.29, 1.82) is 0 Å². The molecule has 1 aromatic heterocycles. The molecule has 7 heteroatoms. The van der Waals surface area contributed by atoms with Gasteiger partial charge in [0.1, 0.15) is 0 Å². The number of hydrogen-bond donors (Lipinski definition) is 1. The van der Waals surface area contributed by atoms with E-state index in [9.17, 15) is 9.59 Å². The molecule has 27 heavy (non-hydrogen) atoms. The number of hydrogen-bond acceptors (Lipinski definition) is 3. The van der Waals surface area contributed by atoms with Crippen LogP contribution in [0.1, 0.15) is 17.3 Å². The van der Waals surface area contributed by atoms with E-state index in [1.807, 2.05) is 36.4 Å². The Morgan fingerprint density at radius 1 is 1.19 bits per heavy atom. The predicted octanol–water partition coefficient (Wildman–Crippen LogP) is 2.77. The van der Waals surface area contributed by atoms with Gasteiger partial charge in [-0.15, -0.1) is 0 Å². The van der Waals surface area contributed by atoms with Gasteiger partial charge in [0.05, 0.1) is 23.9 Å². The van der Waals surface area contributed by atoms with Crippen molar-refractivity contribution in [3.05, 3.63) is 76.2 Å². The number of halogens is 1. The zero-order chi connectivity index (χ0) is 19.0. The molecule has 1 unspecified atom stereocenters. The van der Waals surface area contributed by atoms with Gasteiger partial charge in [-0.2, -0.15) is 0 Å². The zero-order valence-corrected chi connectivity index (χ0v) is 15.6. The molecule has 6 nitrogen and oxygen atoms in total. The first-order chi connectivity index (χ1) is 13.1. The number of amides is 3. The highest BCUT2D eigenvalue weighted by Crippen LogP contribution is 2.37. The van der Waals surface area contributed by atoms with Gasteiger partial charge in [0.25, 0.3) is 5.91 Å². The topological polar surface area (TPSA) is 65.5 Å². The molecule has 0 saturated heterocycles. The van der Waals surface area contributed by atoms with E-state index in [0.717, 1.165) is 17.0 Å². The lowest BCUT2D eigenvalue weighted by Crippen LogP contribution is -2.45. The second-order valence-electron chi connectivity index (χ2n) is 6.62. The number of aromatic nitrogens is 1. The molecule has 0 bridgehead atoms. The van der Waals surface area contributed by atoms with Crippen LogP contribution in [-0.4, -0.2) is 46.9 Å². The van der Waals surface area contributed by atoms with E-state index in [4.69, 9.17) is 11.6 Å². The van der Waals surface area contributed by atoms with Gasteiger partial charge in [0.15, 0.2) is 0 Å². The van der Waals surface area contributed by atoms with Crippen LogP contribution < -0.4 is 5.32 Å². The lowest BCUT2D eigenvalue weighted by molar-refractivity contribution is -0.125. The number of pyridine rings is 1. The van der Waals surface area contributed by atoms with E-state index in [0.29, 0.717) is 30.1 Å². The molecule has 0 aliphatic carbocycles. The Bertz CT molecular complexity index is 929. The third kappa shape index (κ3) is 3.17. The highest BCUT2D eigenvalue weighted by Gasteiger charge is 2.43. The normalized spacial score (nSPS) is 19.4. The maximum atomic E-state index is 13.1. The SMILES string of the molecule is CN1C(=O)NC(c2ccccc2Cl)C2=C1CN(CCc1ccccn1)C2=O. The van der Waals surface area contributed by atoms with Crippen molar-refractivity contribution in [2.45, 2.75) is 12.5 Å². The Balaban J connectivity index is 1.61. The molecular formula is C20H19ClN4O2. The fourth-order valence-electron chi connectivity index (χ4n) is 3.54. The number of carbonyl (C=O) groups excluding carboxylic acids is 2. The van der Waals surface area contributed by atoms with Gasteiger partial charge in [0.2, 0.25) is 0 Å². The summed E-state index contributed by atoms with van der Waals surface area (Å²) in [5.74, 6) is -0.0716. The fraction of sp³-hybridized carbons (Fsp3) is 0.250. The molecule has 2 aromatic rings. The average Bonchev–Trinajstić information content (AvgIpc) is 3.01. The summed E-state index contributed by atoms with van der Waals surface area (Å²) >= 11 is 6.34. The van der Waals surface area contributed by atoms with E-state index in [-0.39, 0.29) is 11.9 Å². The Labute approximate surface area is 162 Å². The summed E-state index contributed by atoms with van der Waals surface area (Å²) in [5, 5.41) is 3.43. The van der Waals surface area contributed by atoms with Gasteiger partial charge in [0, 0.05) is 36.9 Å². The Morgan fingerprint density at radius 2 is 1.96 bits per heavy atom. The lowest BCUT2D eigenvalue weighted by atomic mass is 9.95. The largest absolute Gasteiger partial charge is 0.333 e. The highest BCUT2D eigenvalue weighted by atomic mass is 35.5. The van der Waals surface area contributed by atoms with E-state index < -0.39 is 6.04 Å². The van der Waals surface area contributed by atoms with Crippen molar-refractivity contribution >= 4 is 23.5 Å². The molecule has 2 aliphatic rings. The highest BCUT2D eigenvalue weighted by molar-refractivity contribution is 6.31. The van der Waals surface area contributed by atoms with Crippen LogP contribution >= 0.6 is 11.6 Å². The summed E-state index contributed by atoms with van der Waals surface area (Å²) in [7, 11) is 1.68. The minimum Gasteiger partial charge on any atom is -0.333 e. The van der Waals surface area contributed by atoms with Crippen molar-refractivity contribution in [3.63, 3.8) is 0 Å². The molecule has 1 aromatic carbocycles. The van der Waals surface area contributed by atoms with Crippen LogP contribution in [-0.2, 0) is 11.2 Å². The predicted molar refractivity (Wildman–Crippen MR) is 102 cm³/mol. The van der Waals surface area contributed by atoms with Crippen LogP contribution in [0.25, 0.3) is 0 Å². The Hall–Kier alpha value is -2.86. The van der Waals surface area contributed by atoms with Crippen molar-refractivity contribution in [1.82, 2.24) is 20.1 Å². The molecule has 0 saturated carbocycles. The monoisotopic (exact) mass is 382 g/mol. The lowest BCUT2D eigenvalue weighted by Gasteiger charge is -2.31. The van der Waals surface area contributed by atoms with Crippen molar-refractivity contribution in [3.8, 4) is 0 Å². The van der Waals surface area contributed by atoms with Crippen molar-refractivity contribution < 1.29 is 9.59 Å².